The Kier molecular flexibility index (Phi) is 5.73. The second kappa shape index (κ2) is 8.08. The lowest BCUT2D eigenvalue weighted by atomic mass is 10.0. The van der Waals surface area contributed by atoms with E-state index in [9.17, 15) is 28.4 Å². The van der Waals surface area contributed by atoms with Gasteiger partial charge in [0.1, 0.15) is 18.5 Å². The zero-order valence-corrected chi connectivity index (χ0v) is 16.0. The quantitative estimate of drug-likeness (QED) is 0.486. The van der Waals surface area contributed by atoms with Crippen LogP contribution < -0.4 is 0 Å². The minimum atomic E-state index is -1.21. The van der Waals surface area contributed by atoms with Crippen LogP contribution >= 0.6 is 0 Å². The van der Waals surface area contributed by atoms with Crippen molar-refractivity contribution in [3.05, 3.63) is 35.1 Å². The van der Waals surface area contributed by atoms with Crippen molar-refractivity contribution >= 4 is 29.6 Å². The standard InChI is InChI=1S/C19H20FN3O6/c1-21(2)10-15(25)29-9-8-22-14(24)7-6-13(18(22)27)23-17(26)11-4-3-5-12(20)16(11)19(23)28/h3-5,13H,6-10H2,1-2H3. The van der Waals surface area contributed by atoms with Crippen molar-refractivity contribution in [2.75, 3.05) is 33.8 Å². The lowest BCUT2D eigenvalue weighted by Crippen LogP contribution is -2.56. The second-order valence-electron chi connectivity index (χ2n) is 7.04. The Balaban J connectivity index is 1.72. The summed E-state index contributed by atoms with van der Waals surface area (Å²) >= 11 is 0. The summed E-state index contributed by atoms with van der Waals surface area (Å²) in [6, 6.07) is 2.48. The Labute approximate surface area is 166 Å². The third-order valence-electron chi connectivity index (χ3n) is 4.71. The van der Waals surface area contributed by atoms with Crippen LogP contribution in [0.25, 0.3) is 0 Å². The van der Waals surface area contributed by atoms with Crippen LogP contribution in [0.15, 0.2) is 18.2 Å². The van der Waals surface area contributed by atoms with Gasteiger partial charge in [-0.15, -0.1) is 0 Å². The first-order chi connectivity index (χ1) is 13.7. The van der Waals surface area contributed by atoms with E-state index < -0.39 is 41.5 Å². The van der Waals surface area contributed by atoms with Gasteiger partial charge < -0.3 is 4.74 Å². The normalized spacial score (nSPS) is 19.2. The van der Waals surface area contributed by atoms with Gasteiger partial charge in [-0.05, 0) is 32.6 Å². The fourth-order valence-corrected chi connectivity index (χ4v) is 3.40. The molecule has 1 saturated heterocycles. The number of piperidine rings is 1. The molecular weight excluding hydrogens is 385 g/mol. The molecule has 10 heteroatoms. The number of halogens is 1. The largest absolute Gasteiger partial charge is 0.463 e. The Hall–Kier alpha value is -3.14. The third-order valence-corrected chi connectivity index (χ3v) is 4.71. The number of likely N-dealkylation sites (N-methyl/N-ethyl adjacent to an activating group) is 1. The summed E-state index contributed by atoms with van der Waals surface area (Å²) in [5.41, 5.74) is -0.477. The summed E-state index contributed by atoms with van der Waals surface area (Å²) < 4.78 is 19.0. The van der Waals surface area contributed by atoms with E-state index in [1.807, 2.05) is 0 Å². The highest BCUT2D eigenvalue weighted by Crippen LogP contribution is 2.30. The number of amides is 4. The van der Waals surface area contributed by atoms with Gasteiger partial charge >= 0.3 is 5.97 Å². The number of carbonyl (C=O) groups excluding carboxylic acids is 5. The number of likely N-dealkylation sites (tertiary alicyclic amines) is 1. The van der Waals surface area contributed by atoms with Crippen molar-refractivity contribution in [2.45, 2.75) is 18.9 Å². The number of hydrogen-bond donors (Lipinski definition) is 0. The van der Waals surface area contributed by atoms with E-state index in [1.165, 1.54) is 12.1 Å². The predicted molar refractivity (Wildman–Crippen MR) is 96.2 cm³/mol. The van der Waals surface area contributed by atoms with Crippen LogP contribution in [0.5, 0.6) is 0 Å². The maximum Gasteiger partial charge on any atom is 0.320 e. The van der Waals surface area contributed by atoms with Crippen molar-refractivity contribution in [3.8, 4) is 0 Å². The summed E-state index contributed by atoms with van der Waals surface area (Å²) in [4.78, 5) is 65.0. The van der Waals surface area contributed by atoms with Crippen LogP contribution in [0.4, 0.5) is 4.39 Å². The molecule has 0 radical (unpaired) electrons. The van der Waals surface area contributed by atoms with Crippen LogP contribution in [0, 0.1) is 5.82 Å². The van der Waals surface area contributed by atoms with Gasteiger partial charge in [0, 0.05) is 6.42 Å². The highest BCUT2D eigenvalue weighted by molar-refractivity contribution is 6.23. The van der Waals surface area contributed by atoms with E-state index in [0.717, 1.165) is 11.0 Å². The molecule has 1 fully saturated rings. The number of nitrogens with zero attached hydrogens (tertiary/aromatic N) is 3. The number of imide groups is 2. The third kappa shape index (κ3) is 3.88. The molecule has 4 amide bonds. The van der Waals surface area contributed by atoms with Crippen LogP contribution in [0.3, 0.4) is 0 Å². The van der Waals surface area contributed by atoms with Crippen molar-refractivity contribution in [1.82, 2.24) is 14.7 Å². The maximum absolute atomic E-state index is 14.0. The van der Waals surface area contributed by atoms with E-state index in [2.05, 4.69) is 0 Å². The molecule has 0 aromatic heterocycles. The molecule has 2 heterocycles. The first kappa shape index (κ1) is 20.6. The fourth-order valence-electron chi connectivity index (χ4n) is 3.40. The first-order valence-corrected chi connectivity index (χ1v) is 9.03. The number of carbonyl (C=O) groups is 5. The van der Waals surface area contributed by atoms with Crippen LogP contribution in [0.2, 0.25) is 0 Å². The molecule has 0 N–H and O–H groups in total. The number of hydrogen-bond acceptors (Lipinski definition) is 7. The molecule has 0 saturated carbocycles. The summed E-state index contributed by atoms with van der Waals surface area (Å²) in [5, 5.41) is 0. The van der Waals surface area contributed by atoms with Gasteiger partial charge in [-0.1, -0.05) is 6.07 Å². The topological polar surface area (TPSA) is 104 Å². The number of ether oxygens (including phenoxy) is 1. The Morgan fingerprint density at radius 1 is 1.21 bits per heavy atom. The summed E-state index contributed by atoms with van der Waals surface area (Å²) in [6.07, 6.45) is -0.111. The van der Waals surface area contributed by atoms with E-state index in [0.29, 0.717) is 4.90 Å². The molecule has 0 aliphatic carbocycles. The number of rotatable bonds is 6. The minimum absolute atomic E-state index is 0.0400. The van der Waals surface area contributed by atoms with Gasteiger partial charge in [0.2, 0.25) is 5.91 Å². The van der Waals surface area contributed by atoms with Crippen molar-refractivity contribution < 1.29 is 33.1 Å². The lowest BCUT2D eigenvalue weighted by molar-refractivity contribution is -0.155. The van der Waals surface area contributed by atoms with Gasteiger partial charge in [-0.3, -0.25) is 38.7 Å². The van der Waals surface area contributed by atoms with Crippen LogP contribution in [0.1, 0.15) is 33.6 Å². The number of benzene rings is 1. The molecule has 0 spiro atoms. The molecule has 9 nitrogen and oxygen atoms in total. The van der Waals surface area contributed by atoms with Gasteiger partial charge in [0.25, 0.3) is 17.7 Å². The van der Waals surface area contributed by atoms with Gasteiger partial charge in [-0.2, -0.15) is 0 Å². The molecule has 2 aliphatic heterocycles. The minimum Gasteiger partial charge on any atom is -0.463 e. The molecule has 0 bridgehead atoms. The Morgan fingerprint density at radius 2 is 1.93 bits per heavy atom. The number of fused-ring (bicyclic) bond motifs is 1. The van der Waals surface area contributed by atoms with Gasteiger partial charge in [0.15, 0.2) is 0 Å². The first-order valence-electron chi connectivity index (χ1n) is 9.03. The highest BCUT2D eigenvalue weighted by atomic mass is 19.1. The predicted octanol–water partition coefficient (Wildman–Crippen LogP) is 0.0441. The molecule has 29 heavy (non-hydrogen) atoms. The SMILES string of the molecule is CN(C)CC(=O)OCCN1C(=O)CCC(N2C(=O)c3cccc(F)c3C2=O)C1=O. The molecule has 1 atom stereocenters. The Bertz CT molecular complexity index is 900. The van der Waals surface area contributed by atoms with Gasteiger partial charge in [0.05, 0.1) is 24.2 Å². The maximum atomic E-state index is 14.0. The Morgan fingerprint density at radius 3 is 2.59 bits per heavy atom. The van der Waals surface area contributed by atoms with Crippen molar-refractivity contribution in [3.63, 3.8) is 0 Å². The zero-order chi connectivity index (χ0) is 21.3. The zero-order valence-electron chi connectivity index (χ0n) is 16.0. The molecule has 1 aromatic rings. The average molecular weight is 405 g/mol. The van der Waals surface area contributed by atoms with Crippen LogP contribution in [-0.4, -0.2) is 84.1 Å². The van der Waals surface area contributed by atoms with Crippen molar-refractivity contribution in [1.29, 1.82) is 0 Å². The molecular formula is C19H20FN3O6. The van der Waals surface area contributed by atoms with Gasteiger partial charge in [-0.25, -0.2) is 4.39 Å². The van der Waals surface area contributed by atoms with E-state index in [-0.39, 0.29) is 43.7 Å². The molecule has 1 aromatic carbocycles. The van der Waals surface area contributed by atoms with Crippen LogP contribution in [-0.2, 0) is 19.1 Å². The summed E-state index contributed by atoms with van der Waals surface area (Å²) in [7, 11) is 3.38. The molecule has 154 valence electrons. The average Bonchev–Trinajstić information content (AvgIpc) is 2.90. The van der Waals surface area contributed by atoms with E-state index in [4.69, 9.17) is 4.74 Å². The van der Waals surface area contributed by atoms with E-state index in [1.54, 1.807) is 19.0 Å². The second-order valence-corrected chi connectivity index (χ2v) is 7.04. The highest BCUT2D eigenvalue weighted by Gasteiger charge is 2.47. The summed E-state index contributed by atoms with van der Waals surface area (Å²) in [6.45, 7) is -0.344. The smallest absolute Gasteiger partial charge is 0.320 e. The molecule has 3 rings (SSSR count). The van der Waals surface area contributed by atoms with E-state index >= 15 is 0 Å². The summed E-state index contributed by atoms with van der Waals surface area (Å²) in [5.74, 6) is -4.26. The molecule has 1 unspecified atom stereocenters. The molecule has 2 aliphatic rings. The fraction of sp³-hybridized carbons (Fsp3) is 0.421. The van der Waals surface area contributed by atoms with Crippen molar-refractivity contribution in [2.24, 2.45) is 0 Å². The lowest BCUT2D eigenvalue weighted by Gasteiger charge is -2.34. The number of esters is 1. The monoisotopic (exact) mass is 405 g/mol.